The van der Waals surface area contributed by atoms with Crippen molar-refractivity contribution in [2.45, 2.75) is 51.4 Å². The van der Waals surface area contributed by atoms with Gasteiger partial charge in [0.2, 0.25) is 5.91 Å². The Morgan fingerprint density at radius 3 is 2.70 bits per heavy atom. The van der Waals surface area contributed by atoms with E-state index in [1.165, 1.54) is 18.4 Å². The molecule has 2 bridgehead atoms. The summed E-state index contributed by atoms with van der Waals surface area (Å²) in [6.45, 7) is 2.82. The van der Waals surface area contributed by atoms with Gasteiger partial charge in [-0.25, -0.2) is 0 Å². The number of aliphatic carboxylic acids is 1. The molecule has 0 aromatic heterocycles. The maximum Gasteiger partial charge on any atom is 0.303 e. The number of nitrogens with one attached hydrogen (secondary N) is 1. The van der Waals surface area contributed by atoms with Gasteiger partial charge in [-0.2, -0.15) is 0 Å². The summed E-state index contributed by atoms with van der Waals surface area (Å²) in [5, 5.41) is 11.9. The molecule has 1 amide bonds. The molecule has 4 nitrogen and oxygen atoms in total. The minimum Gasteiger partial charge on any atom is -0.481 e. The number of carbonyl (C=O) groups is 2. The molecule has 2 saturated carbocycles. The molecule has 4 heteroatoms. The Morgan fingerprint density at radius 2 is 1.96 bits per heavy atom. The van der Waals surface area contributed by atoms with Gasteiger partial charge in [-0.05, 0) is 61.3 Å². The van der Waals surface area contributed by atoms with Crippen LogP contribution < -0.4 is 5.32 Å². The predicted molar refractivity (Wildman–Crippen MR) is 106 cm³/mol. The zero-order chi connectivity index (χ0) is 19.2. The first-order valence-corrected chi connectivity index (χ1v) is 10.3. The number of carboxylic acids is 1. The number of unbranched alkanes of at least 4 members (excludes halogenated alkanes) is 1. The molecule has 1 aromatic rings. The Morgan fingerprint density at radius 1 is 1.22 bits per heavy atom. The van der Waals surface area contributed by atoms with Gasteiger partial charge in [0.05, 0.1) is 0 Å². The fourth-order valence-corrected chi connectivity index (χ4v) is 4.90. The van der Waals surface area contributed by atoms with E-state index in [1.54, 1.807) is 0 Å². The van der Waals surface area contributed by atoms with Crippen molar-refractivity contribution in [3.8, 4) is 0 Å². The number of hydrogen-bond donors (Lipinski definition) is 2. The van der Waals surface area contributed by atoms with Crippen LogP contribution in [0.15, 0.2) is 42.5 Å². The van der Waals surface area contributed by atoms with Crippen LogP contribution in [0, 0.1) is 23.7 Å². The molecule has 3 rings (SSSR count). The lowest BCUT2D eigenvalue weighted by Gasteiger charge is -2.28. The lowest BCUT2D eigenvalue weighted by Crippen LogP contribution is -2.39. The lowest BCUT2D eigenvalue weighted by atomic mass is 9.78. The molecular weight excluding hydrogens is 338 g/mol. The van der Waals surface area contributed by atoms with E-state index < -0.39 is 5.97 Å². The number of carbonyl (C=O) groups excluding carboxylic acids is 1. The Bertz CT molecular complexity index is 669. The van der Waals surface area contributed by atoms with Crippen molar-refractivity contribution in [2.24, 2.45) is 23.7 Å². The van der Waals surface area contributed by atoms with E-state index in [0.29, 0.717) is 36.6 Å². The molecule has 0 spiro atoms. The molecule has 0 radical (unpaired) electrons. The predicted octanol–water partition coefficient (Wildman–Crippen LogP) is 4.38. The topological polar surface area (TPSA) is 66.4 Å². The fourth-order valence-electron chi connectivity index (χ4n) is 4.90. The average Bonchev–Trinajstić information content (AvgIpc) is 3.27. The highest BCUT2D eigenvalue weighted by atomic mass is 16.4. The standard InChI is InChI=1S/C23H31NO3/c1-16(17-8-4-2-5-9-17)15-24-23(27)22-19-13-12-18(14-19)20(22)10-6-3-7-11-21(25)26/h2,4-6,8-10,16,18-20,22H,3,7,11-15H2,1H3,(H,24,27)(H,25,26)/b10-6+. The van der Waals surface area contributed by atoms with E-state index in [4.69, 9.17) is 5.11 Å². The summed E-state index contributed by atoms with van der Waals surface area (Å²) < 4.78 is 0. The summed E-state index contributed by atoms with van der Waals surface area (Å²) in [6, 6.07) is 10.3. The number of hydrogen-bond acceptors (Lipinski definition) is 2. The molecule has 27 heavy (non-hydrogen) atoms. The van der Waals surface area contributed by atoms with Gasteiger partial charge in [0.15, 0.2) is 0 Å². The fraction of sp³-hybridized carbons (Fsp3) is 0.565. The van der Waals surface area contributed by atoms with Crippen LogP contribution >= 0.6 is 0 Å². The van der Waals surface area contributed by atoms with Gasteiger partial charge in [-0.1, -0.05) is 49.4 Å². The summed E-state index contributed by atoms with van der Waals surface area (Å²) in [5.74, 6) is 1.30. The molecule has 0 heterocycles. The SMILES string of the molecule is CC(CNC(=O)C1C2CCC(C2)C1/C=C/CCCC(=O)O)c1ccccc1. The molecule has 0 aliphatic heterocycles. The van der Waals surface area contributed by atoms with Crippen molar-refractivity contribution in [3.05, 3.63) is 48.0 Å². The highest BCUT2D eigenvalue weighted by molar-refractivity contribution is 5.80. The summed E-state index contributed by atoms with van der Waals surface area (Å²) in [4.78, 5) is 23.6. The molecule has 2 N–H and O–H groups in total. The smallest absolute Gasteiger partial charge is 0.303 e. The molecule has 5 unspecified atom stereocenters. The van der Waals surface area contributed by atoms with Gasteiger partial charge in [0.25, 0.3) is 0 Å². The third-order valence-electron chi connectivity index (χ3n) is 6.35. The molecular formula is C23H31NO3. The third kappa shape index (κ3) is 5.00. The zero-order valence-corrected chi connectivity index (χ0v) is 16.1. The molecule has 2 aliphatic carbocycles. The lowest BCUT2D eigenvalue weighted by molar-refractivity contribution is -0.137. The van der Waals surface area contributed by atoms with Crippen LogP contribution in [0.2, 0.25) is 0 Å². The quantitative estimate of drug-likeness (QED) is 0.501. The summed E-state index contributed by atoms with van der Waals surface area (Å²) in [5.41, 5.74) is 1.25. The first-order valence-electron chi connectivity index (χ1n) is 10.3. The third-order valence-corrected chi connectivity index (χ3v) is 6.35. The summed E-state index contributed by atoms with van der Waals surface area (Å²) in [6.07, 6.45) is 9.51. The monoisotopic (exact) mass is 369 g/mol. The number of allylic oxidation sites excluding steroid dienone is 2. The van der Waals surface area contributed by atoms with Crippen LogP contribution in [0.5, 0.6) is 0 Å². The van der Waals surface area contributed by atoms with Crippen LogP contribution in [0.3, 0.4) is 0 Å². The minimum atomic E-state index is -0.742. The van der Waals surface area contributed by atoms with Gasteiger partial charge in [-0.3, -0.25) is 9.59 Å². The normalized spacial score (nSPS) is 27.7. The van der Waals surface area contributed by atoms with Gasteiger partial charge < -0.3 is 10.4 Å². The summed E-state index contributed by atoms with van der Waals surface area (Å²) >= 11 is 0. The second-order valence-corrected chi connectivity index (χ2v) is 8.21. The van der Waals surface area contributed by atoms with Gasteiger partial charge >= 0.3 is 5.97 Å². The minimum absolute atomic E-state index is 0.0856. The van der Waals surface area contributed by atoms with Gasteiger partial charge in [0, 0.05) is 18.9 Å². The van der Waals surface area contributed by atoms with Crippen LogP contribution in [0.1, 0.15) is 56.9 Å². The van der Waals surface area contributed by atoms with E-state index >= 15 is 0 Å². The second-order valence-electron chi connectivity index (χ2n) is 8.21. The van der Waals surface area contributed by atoms with Crippen LogP contribution in [0.25, 0.3) is 0 Å². The summed E-state index contributed by atoms with van der Waals surface area (Å²) in [7, 11) is 0. The zero-order valence-electron chi connectivity index (χ0n) is 16.1. The van der Waals surface area contributed by atoms with Crippen LogP contribution in [0.4, 0.5) is 0 Å². The highest BCUT2D eigenvalue weighted by Crippen LogP contribution is 2.53. The largest absolute Gasteiger partial charge is 0.481 e. The second kappa shape index (κ2) is 9.20. The number of carboxylic acid groups (broad SMARTS) is 1. The van der Waals surface area contributed by atoms with Crippen molar-refractivity contribution >= 4 is 11.9 Å². The Labute approximate surface area is 162 Å². The first kappa shape index (κ1) is 19.7. The maximum atomic E-state index is 12.9. The number of amides is 1. The molecule has 2 fully saturated rings. The maximum absolute atomic E-state index is 12.9. The van der Waals surface area contributed by atoms with E-state index in [0.717, 1.165) is 12.8 Å². The van der Waals surface area contributed by atoms with Gasteiger partial charge in [0.1, 0.15) is 0 Å². The van der Waals surface area contributed by atoms with E-state index in [1.807, 2.05) is 18.2 Å². The van der Waals surface area contributed by atoms with Crippen LogP contribution in [-0.4, -0.2) is 23.5 Å². The van der Waals surface area contributed by atoms with Crippen molar-refractivity contribution in [2.75, 3.05) is 6.54 Å². The number of benzene rings is 1. The number of fused-ring (bicyclic) bond motifs is 2. The Hall–Kier alpha value is -2.10. The van der Waals surface area contributed by atoms with Crippen molar-refractivity contribution < 1.29 is 14.7 Å². The van der Waals surface area contributed by atoms with Crippen molar-refractivity contribution in [3.63, 3.8) is 0 Å². The molecule has 1 aromatic carbocycles. The Kier molecular flexibility index (Phi) is 6.70. The van der Waals surface area contributed by atoms with Crippen molar-refractivity contribution in [1.29, 1.82) is 0 Å². The molecule has 146 valence electrons. The molecule has 2 aliphatic rings. The first-order chi connectivity index (χ1) is 13.1. The Balaban J connectivity index is 1.54. The van der Waals surface area contributed by atoms with Crippen molar-refractivity contribution in [1.82, 2.24) is 5.32 Å². The van der Waals surface area contributed by atoms with E-state index in [2.05, 4.69) is 36.5 Å². The molecule has 0 saturated heterocycles. The van der Waals surface area contributed by atoms with E-state index in [9.17, 15) is 9.59 Å². The van der Waals surface area contributed by atoms with E-state index in [-0.39, 0.29) is 18.2 Å². The van der Waals surface area contributed by atoms with Crippen LogP contribution in [-0.2, 0) is 9.59 Å². The molecule has 5 atom stereocenters. The highest BCUT2D eigenvalue weighted by Gasteiger charge is 2.49. The average molecular weight is 370 g/mol. The van der Waals surface area contributed by atoms with Gasteiger partial charge in [-0.15, -0.1) is 0 Å². The number of rotatable bonds is 9.